The molecule has 0 radical (unpaired) electrons. The first-order valence-corrected chi connectivity index (χ1v) is 8.97. The Labute approximate surface area is 142 Å². The minimum Gasteiger partial charge on any atom is -0.307 e. The van der Waals surface area contributed by atoms with Crippen LogP contribution in [0.2, 0.25) is 0 Å². The van der Waals surface area contributed by atoms with Crippen LogP contribution in [0.1, 0.15) is 35.9 Å². The van der Waals surface area contributed by atoms with Gasteiger partial charge in [-0.2, -0.15) is 5.10 Å². The van der Waals surface area contributed by atoms with Crippen LogP contribution in [0, 0.1) is 6.92 Å². The summed E-state index contributed by atoms with van der Waals surface area (Å²) in [6.07, 6.45) is 0. The summed E-state index contributed by atoms with van der Waals surface area (Å²) in [6, 6.07) is 7.75. The molecular weight excluding hydrogens is 328 g/mol. The lowest BCUT2D eigenvalue weighted by molar-refractivity contribution is 0.102. The molecule has 1 aromatic carbocycles. The van der Waals surface area contributed by atoms with Gasteiger partial charge < -0.3 is 5.32 Å². The molecule has 0 saturated heterocycles. The molecule has 2 rings (SSSR count). The Morgan fingerprint density at radius 2 is 1.79 bits per heavy atom. The second-order valence-corrected chi connectivity index (χ2v) is 8.13. The smallest absolute Gasteiger partial charge is 0.256 e. The average Bonchev–Trinajstić information content (AvgIpc) is 2.88. The quantitative estimate of drug-likeness (QED) is 0.896. The molecule has 7 nitrogen and oxygen atoms in total. The molecule has 0 spiro atoms. The number of sulfonamides is 1. The maximum Gasteiger partial charge on any atom is 0.256 e. The van der Waals surface area contributed by atoms with Crippen LogP contribution in [-0.2, 0) is 10.0 Å². The molecule has 0 atom stereocenters. The van der Waals surface area contributed by atoms with Crippen molar-refractivity contribution < 1.29 is 13.2 Å². The van der Waals surface area contributed by atoms with Crippen LogP contribution in [0.3, 0.4) is 0 Å². The average molecular weight is 350 g/mol. The molecule has 0 aliphatic rings. The molecule has 0 unspecified atom stereocenters. The molecule has 0 aliphatic heterocycles. The van der Waals surface area contributed by atoms with Gasteiger partial charge in [0.1, 0.15) is 5.82 Å². The first kappa shape index (κ1) is 18.2. The molecule has 130 valence electrons. The fourth-order valence-corrected chi connectivity index (χ4v) is 3.08. The number of carbonyl (C=O) groups excluding carboxylic acids is 1. The number of carbonyl (C=O) groups is 1. The zero-order valence-electron chi connectivity index (χ0n) is 14.4. The van der Waals surface area contributed by atoms with E-state index in [4.69, 9.17) is 0 Å². The second-order valence-electron chi connectivity index (χ2n) is 5.98. The van der Waals surface area contributed by atoms with Crippen molar-refractivity contribution in [3.63, 3.8) is 0 Å². The fraction of sp³-hybridized carbons (Fsp3) is 0.375. The van der Waals surface area contributed by atoms with E-state index in [1.165, 1.54) is 38.4 Å². The first-order chi connectivity index (χ1) is 11.1. The third kappa shape index (κ3) is 3.65. The highest BCUT2D eigenvalue weighted by molar-refractivity contribution is 7.89. The van der Waals surface area contributed by atoms with Crippen molar-refractivity contribution in [2.75, 3.05) is 19.4 Å². The Balaban J connectivity index is 2.23. The third-order valence-corrected chi connectivity index (χ3v) is 5.31. The number of hydrogen-bond acceptors (Lipinski definition) is 4. The topological polar surface area (TPSA) is 84.3 Å². The summed E-state index contributed by atoms with van der Waals surface area (Å²) in [6.45, 7) is 5.81. The molecule has 24 heavy (non-hydrogen) atoms. The maximum absolute atomic E-state index is 12.4. The van der Waals surface area contributed by atoms with E-state index >= 15 is 0 Å². The van der Waals surface area contributed by atoms with Crippen LogP contribution < -0.4 is 5.32 Å². The zero-order valence-corrected chi connectivity index (χ0v) is 15.3. The number of aryl methyl sites for hydroxylation is 1. The highest BCUT2D eigenvalue weighted by Gasteiger charge is 2.18. The fourth-order valence-electron chi connectivity index (χ4n) is 2.18. The number of rotatable bonds is 5. The van der Waals surface area contributed by atoms with Crippen LogP contribution in [-0.4, -0.2) is 42.5 Å². The van der Waals surface area contributed by atoms with Gasteiger partial charge >= 0.3 is 0 Å². The lowest BCUT2D eigenvalue weighted by Crippen LogP contribution is -2.22. The van der Waals surface area contributed by atoms with Crippen LogP contribution in [0.25, 0.3) is 0 Å². The Morgan fingerprint density at radius 1 is 1.21 bits per heavy atom. The molecule has 1 heterocycles. The van der Waals surface area contributed by atoms with E-state index in [9.17, 15) is 13.2 Å². The van der Waals surface area contributed by atoms with E-state index in [0.717, 1.165) is 10.00 Å². The van der Waals surface area contributed by atoms with Gasteiger partial charge in [-0.25, -0.2) is 17.4 Å². The molecule has 0 aliphatic carbocycles. The normalized spacial score (nSPS) is 12.0. The van der Waals surface area contributed by atoms with Gasteiger partial charge in [0.25, 0.3) is 5.91 Å². The van der Waals surface area contributed by atoms with Crippen LogP contribution >= 0.6 is 0 Å². The van der Waals surface area contributed by atoms with Gasteiger partial charge in [0, 0.05) is 31.8 Å². The molecule has 1 amide bonds. The minimum atomic E-state index is -3.51. The van der Waals surface area contributed by atoms with Gasteiger partial charge in [0.2, 0.25) is 10.0 Å². The number of nitrogens with one attached hydrogen (secondary N) is 1. The third-order valence-electron chi connectivity index (χ3n) is 3.48. The minimum absolute atomic E-state index is 0.113. The Morgan fingerprint density at radius 3 is 2.29 bits per heavy atom. The summed E-state index contributed by atoms with van der Waals surface area (Å²) in [4.78, 5) is 12.5. The van der Waals surface area contributed by atoms with E-state index < -0.39 is 10.0 Å². The summed E-state index contributed by atoms with van der Waals surface area (Å²) in [5.41, 5.74) is 1.19. The van der Waals surface area contributed by atoms with E-state index in [-0.39, 0.29) is 16.8 Å². The van der Waals surface area contributed by atoms with Gasteiger partial charge in [-0.15, -0.1) is 0 Å². The summed E-state index contributed by atoms with van der Waals surface area (Å²) in [5.74, 6) is 0.295. The van der Waals surface area contributed by atoms with Gasteiger partial charge in [-0.1, -0.05) is 0 Å². The van der Waals surface area contributed by atoms with Crippen molar-refractivity contribution in [1.82, 2.24) is 14.1 Å². The number of aromatic nitrogens is 2. The van der Waals surface area contributed by atoms with Crippen LogP contribution in [0.15, 0.2) is 35.2 Å². The summed E-state index contributed by atoms with van der Waals surface area (Å²) in [7, 11) is -0.578. The maximum atomic E-state index is 12.4. The van der Waals surface area contributed by atoms with E-state index in [0.29, 0.717) is 11.4 Å². The van der Waals surface area contributed by atoms with Crippen molar-refractivity contribution >= 4 is 21.7 Å². The van der Waals surface area contributed by atoms with Gasteiger partial charge in [0.05, 0.1) is 10.6 Å². The lowest BCUT2D eigenvalue weighted by Gasteiger charge is -2.13. The molecule has 0 fully saturated rings. The van der Waals surface area contributed by atoms with Crippen molar-refractivity contribution in [2.45, 2.75) is 31.7 Å². The number of benzene rings is 1. The molecule has 0 saturated carbocycles. The van der Waals surface area contributed by atoms with E-state index in [1.807, 2.05) is 20.8 Å². The van der Waals surface area contributed by atoms with Crippen molar-refractivity contribution in [3.8, 4) is 0 Å². The Kier molecular flexibility index (Phi) is 5.10. The van der Waals surface area contributed by atoms with Crippen molar-refractivity contribution in [3.05, 3.63) is 41.6 Å². The monoisotopic (exact) mass is 350 g/mol. The standard InChI is InChI=1S/C16H22N4O3S/c1-11(2)20-15(10-12(3)18-20)17-16(21)13-6-8-14(9-7-13)24(22,23)19(4)5/h6-11H,1-5H3,(H,17,21). The second kappa shape index (κ2) is 6.74. The molecule has 2 aromatic rings. The van der Waals surface area contributed by atoms with Gasteiger partial charge in [-0.05, 0) is 45.0 Å². The Hall–Kier alpha value is -2.19. The first-order valence-electron chi connectivity index (χ1n) is 7.53. The highest BCUT2D eigenvalue weighted by Crippen LogP contribution is 2.18. The number of nitrogens with zero attached hydrogens (tertiary/aromatic N) is 3. The predicted octanol–water partition coefficient (Wildman–Crippen LogP) is 2.28. The van der Waals surface area contributed by atoms with Crippen molar-refractivity contribution in [1.29, 1.82) is 0 Å². The van der Waals surface area contributed by atoms with Crippen LogP contribution in [0.5, 0.6) is 0 Å². The van der Waals surface area contributed by atoms with Crippen LogP contribution in [0.4, 0.5) is 5.82 Å². The van der Waals surface area contributed by atoms with Gasteiger partial charge in [-0.3, -0.25) is 4.79 Å². The largest absolute Gasteiger partial charge is 0.307 e. The summed E-state index contributed by atoms with van der Waals surface area (Å²) >= 11 is 0. The SMILES string of the molecule is Cc1cc(NC(=O)c2ccc(S(=O)(=O)N(C)C)cc2)n(C(C)C)n1. The van der Waals surface area contributed by atoms with E-state index in [2.05, 4.69) is 10.4 Å². The van der Waals surface area contributed by atoms with Gasteiger partial charge in [0.15, 0.2) is 0 Å². The lowest BCUT2D eigenvalue weighted by atomic mass is 10.2. The number of anilines is 1. The van der Waals surface area contributed by atoms with E-state index in [1.54, 1.807) is 10.7 Å². The molecule has 1 N–H and O–H groups in total. The number of amides is 1. The zero-order chi connectivity index (χ0) is 18.1. The summed E-state index contributed by atoms with van der Waals surface area (Å²) < 4.78 is 26.9. The molecule has 8 heteroatoms. The molecular formula is C16H22N4O3S. The van der Waals surface area contributed by atoms with Crippen molar-refractivity contribution in [2.24, 2.45) is 0 Å². The Bertz CT molecular complexity index is 837. The number of hydrogen-bond donors (Lipinski definition) is 1. The molecule has 0 bridgehead atoms. The molecule has 1 aromatic heterocycles. The summed E-state index contributed by atoms with van der Waals surface area (Å²) in [5, 5.41) is 7.15. The highest BCUT2D eigenvalue weighted by atomic mass is 32.2. The predicted molar refractivity (Wildman–Crippen MR) is 92.6 cm³/mol.